The lowest BCUT2D eigenvalue weighted by Gasteiger charge is -2.14. The average Bonchev–Trinajstić information content (AvgIpc) is 3.45. The minimum atomic E-state index is -0.344. The Morgan fingerprint density at radius 2 is 1.71 bits per heavy atom. The molecule has 2 aromatic heterocycles. The van der Waals surface area contributed by atoms with Crippen molar-refractivity contribution in [2.75, 3.05) is 14.2 Å². The van der Waals surface area contributed by atoms with Crippen LogP contribution in [0, 0.1) is 6.92 Å². The van der Waals surface area contributed by atoms with Gasteiger partial charge in [0.15, 0.2) is 17.3 Å². The van der Waals surface area contributed by atoms with Crippen LogP contribution >= 0.6 is 15.9 Å². The van der Waals surface area contributed by atoms with Gasteiger partial charge < -0.3 is 18.6 Å². The molecule has 0 saturated carbocycles. The Bertz CT molecular complexity index is 2010. The van der Waals surface area contributed by atoms with Gasteiger partial charge in [0.1, 0.15) is 17.9 Å². The van der Waals surface area contributed by atoms with Crippen LogP contribution in [0.25, 0.3) is 33.5 Å². The molecule has 0 bridgehead atoms. The van der Waals surface area contributed by atoms with Gasteiger partial charge in [0.25, 0.3) is 5.56 Å². The van der Waals surface area contributed by atoms with Crippen molar-refractivity contribution in [1.82, 2.24) is 9.66 Å². The van der Waals surface area contributed by atoms with Crippen LogP contribution < -0.4 is 19.8 Å². The molecule has 0 aliphatic heterocycles. The molecule has 210 valence electrons. The summed E-state index contributed by atoms with van der Waals surface area (Å²) in [6, 6.07) is 26.2. The third kappa shape index (κ3) is 5.26. The van der Waals surface area contributed by atoms with Gasteiger partial charge in [0, 0.05) is 10.0 Å². The first-order valence-electron chi connectivity index (χ1n) is 13.1. The summed E-state index contributed by atoms with van der Waals surface area (Å²) in [6.07, 6.45) is 1.56. The second-order valence-corrected chi connectivity index (χ2v) is 10.5. The number of rotatable bonds is 8. The second-order valence-electron chi connectivity index (χ2n) is 9.60. The van der Waals surface area contributed by atoms with Crippen molar-refractivity contribution < 1.29 is 18.6 Å². The van der Waals surface area contributed by atoms with E-state index in [-0.39, 0.29) is 11.4 Å². The summed E-state index contributed by atoms with van der Waals surface area (Å²) >= 11 is 3.54. The lowest BCUT2D eigenvalue weighted by Crippen LogP contribution is -2.20. The maximum Gasteiger partial charge on any atom is 0.282 e. The van der Waals surface area contributed by atoms with Crippen LogP contribution in [-0.4, -0.2) is 30.1 Å². The molecule has 42 heavy (non-hydrogen) atoms. The molecule has 0 radical (unpaired) electrons. The molecule has 0 atom stereocenters. The first-order valence-corrected chi connectivity index (χ1v) is 13.9. The number of aryl methyl sites for hydroxylation is 1. The highest BCUT2D eigenvalue weighted by atomic mass is 79.9. The first kappa shape index (κ1) is 27.3. The fourth-order valence-electron chi connectivity index (χ4n) is 4.66. The summed E-state index contributed by atoms with van der Waals surface area (Å²) in [7, 11) is 3.17. The number of benzene rings is 4. The number of fused-ring (bicyclic) bond motifs is 2. The molecule has 9 heteroatoms. The highest BCUT2D eigenvalue weighted by Gasteiger charge is 2.19. The highest BCUT2D eigenvalue weighted by Crippen LogP contribution is 2.35. The number of para-hydroxylation sites is 1. The lowest BCUT2D eigenvalue weighted by atomic mass is 10.1. The molecule has 4 aromatic carbocycles. The van der Waals surface area contributed by atoms with Gasteiger partial charge in [0.2, 0.25) is 5.82 Å². The predicted octanol–water partition coefficient (Wildman–Crippen LogP) is 7.36. The molecule has 0 spiro atoms. The Labute approximate surface area is 249 Å². The topological polar surface area (TPSA) is 88.1 Å². The van der Waals surface area contributed by atoms with E-state index in [4.69, 9.17) is 23.6 Å². The molecular weight excluding hydrogens is 598 g/mol. The van der Waals surface area contributed by atoms with E-state index in [9.17, 15) is 4.79 Å². The van der Waals surface area contributed by atoms with Gasteiger partial charge in [-0.3, -0.25) is 4.79 Å². The Hall–Kier alpha value is -4.89. The van der Waals surface area contributed by atoms with Crippen LogP contribution in [0.1, 0.15) is 16.7 Å². The van der Waals surface area contributed by atoms with E-state index in [1.165, 1.54) is 10.2 Å². The standard InChI is InChI=1S/C33H26BrN3O5/c1-20-11-13-21(14-12-20)19-41-31-22(15-23(34)16-29(31)40-3)18-35-37-32(36-26-8-5-4-7-24(26)33(37)38)30-17-25-27(39-2)9-6-10-28(25)42-30/h4-18H,19H2,1-3H3. The summed E-state index contributed by atoms with van der Waals surface area (Å²) in [5.74, 6) is 2.28. The third-order valence-corrected chi connectivity index (χ3v) is 7.26. The molecular formula is C33H26BrN3O5. The molecule has 0 N–H and O–H groups in total. The van der Waals surface area contributed by atoms with Crippen LogP contribution in [0.15, 0.2) is 104 Å². The number of aromatic nitrogens is 2. The monoisotopic (exact) mass is 623 g/mol. The zero-order chi connectivity index (χ0) is 29.2. The zero-order valence-corrected chi connectivity index (χ0v) is 24.7. The van der Waals surface area contributed by atoms with Crippen LogP contribution in [0.5, 0.6) is 17.2 Å². The van der Waals surface area contributed by atoms with Crippen LogP contribution in [-0.2, 0) is 6.61 Å². The number of ether oxygens (including phenoxy) is 3. The van der Waals surface area contributed by atoms with Gasteiger partial charge in [-0.25, -0.2) is 4.98 Å². The number of hydrogen-bond acceptors (Lipinski definition) is 7. The summed E-state index contributed by atoms with van der Waals surface area (Å²) in [5.41, 5.74) is 3.56. The SMILES string of the molecule is COc1cc(Br)cc(C=Nn2c(-c3cc4c(OC)cccc4o3)nc3ccccc3c2=O)c1OCc1ccc(C)cc1. The van der Waals surface area contributed by atoms with Crippen LogP contribution in [0.3, 0.4) is 0 Å². The van der Waals surface area contributed by atoms with E-state index in [0.29, 0.717) is 51.7 Å². The predicted molar refractivity (Wildman–Crippen MR) is 167 cm³/mol. The molecule has 0 amide bonds. The minimum Gasteiger partial charge on any atom is -0.496 e. The fourth-order valence-corrected chi connectivity index (χ4v) is 5.12. The maximum absolute atomic E-state index is 13.8. The van der Waals surface area contributed by atoms with Gasteiger partial charge in [-0.15, -0.1) is 0 Å². The molecule has 0 fully saturated rings. The molecule has 6 aromatic rings. The Morgan fingerprint density at radius 3 is 2.50 bits per heavy atom. The smallest absolute Gasteiger partial charge is 0.282 e. The van der Waals surface area contributed by atoms with Crippen molar-refractivity contribution in [3.8, 4) is 28.8 Å². The maximum atomic E-state index is 13.8. The van der Waals surface area contributed by atoms with Gasteiger partial charge >= 0.3 is 0 Å². The van der Waals surface area contributed by atoms with Gasteiger partial charge in [-0.1, -0.05) is 64.0 Å². The van der Waals surface area contributed by atoms with E-state index in [2.05, 4.69) is 21.0 Å². The summed E-state index contributed by atoms with van der Waals surface area (Å²) < 4.78 is 25.5. The molecule has 8 nitrogen and oxygen atoms in total. The number of nitrogens with zero attached hydrogens (tertiary/aromatic N) is 3. The lowest BCUT2D eigenvalue weighted by molar-refractivity contribution is 0.284. The zero-order valence-electron chi connectivity index (χ0n) is 23.1. The van der Waals surface area contributed by atoms with E-state index in [0.717, 1.165) is 15.4 Å². The summed E-state index contributed by atoms with van der Waals surface area (Å²) in [4.78, 5) is 18.5. The van der Waals surface area contributed by atoms with Gasteiger partial charge in [-0.05, 0) is 55.0 Å². The largest absolute Gasteiger partial charge is 0.496 e. The van der Waals surface area contributed by atoms with E-state index in [1.54, 1.807) is 44.7 Å². The Kier molecular flexibility index (Phi) is 7.50. The molecule has 0 saturated heterocycles. The molecule has 2 heterocycles. The number of hydrogen-bond donors (Lipinski definition) is 0. The number of furan rings is 1. The average molecular weight is 624 g/mol. The van der Waals surface area contributed by atoms with E-state index in [1.807, 2.05) is 67.6 Å². The normalized spacial score (nSPS) is 11.4. The van der Waals surface area contributed by atoms with Crippen LogP contribution in [0.4, 0.5) is 0 Å². The third-order valence-electron chi connectivity index (χ3n) is 6.80. The number of halogens is 1. The second kappa shape index (κ2) is 11.5. The summed E-state index contributed by atoms with van der Waals surface area (Å²) in [5, 5.41) is 5.81. The quantitative estimate of drug-likeness (QED) is 0.165. The van der Waals surface area contributed by atoms with Crippen molar-refractivity contribution in [2.24, 2.45) is 5.10 Å². The fraction of sp³-hybridized carbons (Fsp3) is 0.121. The van der Waals surface area contributed by atoms with E-state index < -0.39 is 0 Å². The van der Waals surface area contributed by atoms with Gasteiger partial charge in [0.05, 0.1) is 36.7 Å². The van der Waals surface area contributed by atoms with Crippen molar-refractivity contribution in [3.05, 3.63) is 116 Å². The Balaban J connectivity index is 1.48. The number of methoxy groups -OCH3 is 2. The molecule has 6 rings (SSSR count). The van der Waals surface area contributed by atoms with Gasteiger partial charge in [-0.2, -0.15) is 9.78 Å². The summed E-state index contributed by atoms with van der Waals surface area (Å²) in [6.45, 7) is 2.36. The van der Waals surface area contributed by atoms with Crippen molar-refractivity contribution >= 4 is 44.0 Å². The molecule has 0 unspecified atom stereocenters. The van der Waals surface area contributed by atoms with Crippen LogP contribution in [0.2, 0.25) is 0 Å². The van der Waals surface area contributed by atoms with Crippen molar-refractivity contribution in [3.63, 3.8) is 0 Å². The van der Waals surface area contributed by atoms with Crippen molar-refractivity contribution in [1.29, 1.82) is 0 Å². The Morgan fingerprint density at radius 1 is 0.929 bits per heavy atom. The highest BCUT2D eigenvalue weighted by molar-refractivity contribution is 9.10. The molecule has 0 aliphatic rings. The first-order chi connectivity index (χ1) is 20.4. The molecule has 0 aliphatic carbocycles. The minimum absolute atomic E-state index is 0.247. The van der Waals surface area contributed by atoms with Crippen molar-refractivity contribution in [2.45, 2.75) is 13.5 Å². The van der Waals surface area contributed by atoms with E-state index >= 15 is 0 Å².